The van der Waals surface area contributed by atoms with Gasteiger partial charge in [0.25, 0.3) is 11.8 Å². The number of sulfonamides is 2. The Kier molecular flexibility index (Phi) is 9.13. The molecule has 1 saturated heterocycles. The zero-order valence-electron chi connectivity index (χ0n) is 26.0. The van der Waals surface area contributed by atoms with E-state index in [1.54, 1.807) is 37.3 Å². The summed E-state index contributed by atoms with van der Waals surface area (Å²) in [6.07, 6.45) is 2.08. The highest BCUT2D eigenvalue weighted by Crippen LogP contribution is 2.42. The zero-order valence-corrected chi connectivity index (χ0v) is 27.7. The smallest absolute Gasteiger partial charge is 0.255 e. The highest BCUT2D eigenvalue weighted by atomic mass is 32.2. The largest absolute Gasteiger partial charge is 0.455 e. The molecular weight excluding hydrogens is 650 g/mol. The first-order chi connectivity index (χ1) is 22.2. The number of nitriles is 1. The van der Waals surface area contributed by atoms with Gasteiger partial charge in [0.15, 0.2) is 0 Å². The Morgan fingerprint density at radius 1 is 1.04 bits per heavy atom. The van der Waals surface area contributed by atoms with Crippen LogP contribution in [0, 0.1) is 17.1 Å². The van der Waals surface area contributed by atoms with Crippen molar-refractivity contribution in [2.75, 3.05) is 50.0 Å². The van der Waals surface area contributed by atoms with Crippen molar-refractivity contribution in [3.63, 3.8) is 0 Å². The third kappa shape index (κ3) is 6.57. The minimum atomic E-state index is -3.81. The predicted molar refractivity (Wildman–Crippen MR) is 175 cm³/mol. The van der Waals surface area contributed by atoms with Crippen molar-refractivity contribution in [3.8, 4) is 28.5 Å². The lowest BCUT2D eigenvalue weighted by atomic mass is 9.97. The molecule has 0 saturated carbocycles. The zero-order chi connectivity index (χ0) is 34.3. The number of hydrogen-bond acceptors (Lipinski definition) is 8. The van der Waals surface area contributed by atoms with Crippen molar-refractivity contribution in [1.29, 1.82) is 5.26 Å². The summed E-state index contributed by atoms with van der Waals surface area (Å²) in [6, 6.07) is 15.9. The number of nitrogens with one attached hydrogen (secondary N) is 1. The van der Waals surface area contributed by atoms with Crippen LogP contribution in [0.15, 0.2) is 65.1 Å². The van der Waals surface area contributed by atoms with E-state index in [0.29, 0.717) is 22.1 Å². The maximum absolute atomic E-state index is 13.7. The van der Waals surface area contributed by atoms with Crippen molar-refractivity contribution < 1.29 is 35.2 Å². The number of nitrogens with zero attached hydrogens (tertiary/aromatic N) is 4. The second-order valence-corrected chi connectivity index (χ2v) is 14.9. The lowest BCUT2D eigenvalue weighted by molar-refractivity contribution is 0.0665. The fourth-order valence-electron chi connectivity index (χ4n) is 5.76. The SMILES string of the molecule is CCN(c1cc2oc(-c3ccc(F)cc3)c(C(=O)NC)c2cc1-c1cccc(C(=O)N2CCN(S(C)(=O)=O)C(C#N)C2)c1)S(C)(=O)=O. The molecular formula is C32H32FN5O7S2. The molecule has 246 valence electrons. The van der Waals surface area contributed by atoms with Crippen LogP contribution in [0.1, 0.15) is 27.6 Å². The Morgan fingerprint density at radius 3 is 2.34 bits per heavy atom. The molecule has 1 aromatic heterocycles. The van der Waals surface area contributed by atoms with Gasteiger partial charge < -0.3 is 14.6 Å². The van der Waals surface area contributed by atoms with Crippen LogP contribution in [-0.4, -0.2) is 89.6 Å². The van der Waals surface area contributed by atoms with Crippen LogP contribution in [0.2, 0.25) is 0 Å². The second kappa shape index (κ2) is 12.8. The van der Waals surface area contributed by atoms with Gasteiger partial charge in [-0.15, -0.1) is 0 Å². The number of furan rings is 1. The Hall–Kier alpha value is -4.78. The Labute approximate surface area is 272 Å². The summed E-state index contributed by atoms with van der Waals surface area (Å²) in [7, 11) is -6.01. The molecule has 2 amide bonds. The van der Waals surface area contributed by atoms with E-state index in [1.807, 2.05) is 6.07 Å². The fraction of sp³-hybridized carbons (Fsp3) is 0.281. The van der Waals surface area contributed by atoms with Gasteiger partial charge in [0, 0.05) is 54.8 Å². The standard InChI is InChI=1S/C32H32FN5O7S2/c1-5-37(46(3,41)42)27-17-28-26(29(31(39)35-2)30(45-28)20-9-11-23(33)12-10-20)16-25(27)21-7-6-8-22(15-21)32(40)36-13-14-38(47(4,43)44)24(18-34)19-36/h6-12,15-17,24H,5,13-14,19H2,1-4H3,(H,35,39). The molecule has 5 rings (SSSR count). The number of benzene rings is 3. The van der Waals surface area contributed by atoms with E-state index in [2.05, 4.69) is 5.32 Å². The molecule has 1 atom stereocenters. The van der Waals surface area contributed by atoms with E-state index < -0.39 is 43.7 Å². The number of fused-ring (bicyclic) bond motifs is 1. The third-order valence-corrected chi connectivity index (χ3v) is 10.5. The van der Waals surface area contributed by atoms with Gasteiger partial charge in [-0.2, -0.15) is 9.57 Å². The molecule has 0 spiro atoms. The third-order valence-electron chi connectivity index (χ3n) is 7.94. The van der Waals surface area contributed by atoms with Crippen LogP contribution in [0.3, 0.4) is 0 Å². The molecule has 3 aromatic carbocycles. The number of piperazine rings is 1. The highest BCUT2D eigenvalue weighted by Gasteiger charge is 2.35. The van der Waals surface area contributed by atoms with E-state index in [4.69, 9.17) is 4.42 Å². The average molecular weight is 682 g/mol. The number of carbonyl (C=O) groups is 2. The molecule has 15 heteroatoms. The van der Waals surface area contributed by atoms with Crippen LogP contribution in [-0.2, 0) is 20.0 Å². The summed E-state index contributed by atoms with van der Waals surface area (Å²) >= 11 is 0. The number of rotatable bonds is 8. The number of carbonyl (C=O) groups excluding carboxylic acids is 2. The number of anilines is 1. The lowest BCUT2D eigenvalue weighted by Gasteiger charge is -2.36. The van der Waals surface area contributed by atoms with Gasteiger partial charge >= 0.3 is 0 Å². The minimum absolute atomic E-state index is 0.0394. The topological polar surface area (TPSA) is 161 Å². The molecule has 0 radical (unpaired) electrons. The Balaban J connectivity index is 1.67. The van der Waals surface area contributed by atoms with Crippen molar-refractivity contribution in [3.05, 3.63) is 77.6 Å². The van der Waals surface area contributed by atoms with Crippen LogP contribution in [0.5, 0.6) is 0 Å². The Morgan fingerprint density at radius 2 is 1.74 bits per heavy atom. The van der Waals surface area contributed by atoms with E-state index in [0.717, 1.165) is 16.8 Å². The van der Waals surface area contributed by atoms with Crippen LogP contribution < -0.4 is 9.62 Å². The maximum atomic E-state index is 13.7. The van der Waals surface area contributed by atoms with Crippen molar-refractivity contribution in [1.82, 2.24) is 14.5 Å². The van der Waals surface area contributed by atoms with E-state index >= 15 is 0 Å². The molecule has 0 bridgehead atoms. The molecule has 4 aromatic rings. The lowest BCUT2D eigenvalue weighted by Crippen LogP contribution is -2.55. The normalized spacial score (nSPS) is 15.7. The van der Waals surface area contributed by atoms with Crippen LogP contribution in [0.25, 0.3) is 33.4 Å². The number of amides is 2. The second-order valence-electron chi connectivity index (χ2n) is 11.0. The summed E-state index contributed by atoms with van der Waals surface area (Å²) in [5, 5.41) is 12.6. The van der Waals surface area contributed by atoms with E-state index in [-0.39, 0.29) is 54.3 Å². The van der Waals surface area contributed by atoms with Crippen LogP contribution >= 0.6 is 0 Å². The summed E-state index contributed by atoms with van der Waals surface area (Å²) in [4.78, 5) is 28.3. The van der Waals surface area contributed by atoms with Crippen LogP contribution in [0.4, 0.5) is 10.1 Å². The first-order valence-electron chi connectivity index (χ1n) is 14.5. The quantitative estimate of drug-likeness (QED) is 0.295. The number of halogens is 1. The van der Waals surface area contributed by atoms with Crippen molar-refractivity contribution in [2.45, 2.75) is 13.0 Å². The summed E-state index contributed by atoms with van der Waals surface area (Å²) in [5.41, 5.74) is 2.10. The summed E-state index contributed by atoms with van der Waals surface area (Å²) < 4.78 is 72.3. The van der Waals surface area contributed by atoms with Gasteiger partial charge in [0.2, 0.25) is 20.0 Å². The molecule has 1 aliphatic rings. The summed E-state index contributed by atoms with van der Waals surface area (Å²) in [6.45, 7) is 1.63. The monoisotopic (exact) mass is 681 g/mol. The molecule has 1 fully saturated rings. The van der Waals surface area contributed by atoms with Gasteiger partial charge in [-0.05, 0) is 55.0 Å². The van der Waals surface area contributed by atoms with Gasteiger partial charge in [-0.1, -0.05) is 12.1 Å². The van der Waals surface area contributed by atoms with Crippen molar-refractivity contribution >= 4 is 48.5 Å². The van der Waals surface area contributed by atoms with Gasteiger partial charge in [0.1, 0.15) is 23.2 Å². The van der Waals surface area contributed by atoms with Gasteiger partial charge in [0.05, 0.1) is 36.4 Å². The number of hydrogen-bond donors (Lipinski definition) is 1. The molecule has 47 heavy (non-hydrogen) atoms. The maximum Gasteiger partial charge on any atom is 0.255 e. The van der Waals surface area contributed by atoms with Gasteiger partial charge in [-0.3, -0.25) is 13.9 Å². The first kappa shape index (κ1) is 33.6. The predicted octanol–water partition coefficient (Wildman–Crippen LogP) is 3.66. The molecule has 12 nitrogen and oxygen atoms in total. The van der Waals surface area contributed by atoms with E-state index in [1.165, 1.54) is 46.6 Å². The average Bonchev–Trinajstić information content (AvgIpc) is 3.41. The molecule has 2 heterocycles. The minimum Gasteiger partial charge on any atom is -0.455 e. The molecule has 1 aliphatic heterocycles. The Bertz CT molecular complexity index is 2140. The fourth-order valence-corrected chi connectivity index (χ4v) is 7.73. The van der Waals surface area contributed by atoms with Crippen molar-refractivity contribution in [2.24, 2.45) is 0 Å². The molecule has 1 N–H and O–H groups in total. The first-order valence-corrected chi connectivity index (χ1v) is 18.2. The highest BCUT2D eigenvalue weighted by molar-refractivity contribution is 7.92. The summed E-state index contributed by atoms with van der Waals surface area (Å²) in [5.74, 6) is -1.24. The molecule has 1 unspecified atom stereocenters. The van der Waals surface area contributed by atoms with E-state index in [9.17, 15) is 36.1 Å². The van der Waals surface area contributed by atoms with Gasteiger partial charge in [-0.25, -0.2) is 21.2 Å². The molecule has 0 aliphatic carbocycles.